The third-order valence-corrected chi connectivity index (χ3v) is 18.5. The monoisotopic (exact) mass is 889 g/mol. The molecule has 1 spiro atoms. The molecule has 1 aliphatic heterocycles. The molecule has 9 aromatic carbocycles. The number of hydrogen-bond donors (Lipinski definition) is 0. The summed E-state index contributed by atoms with van der Waals surface area (Å²) < 4.78 is 8.89. The largest absolute Gasteiger partial charge is 0.456 e. The first-order valence-electron chi connectivity index (χ1n) is 24.9. The van der Waals surface area contributed by atoms with Crippen LogP contribution in [0.5, 0.6) is 0 Å². The number of benzene rings is 9. The van der Waals surface area contributed by atoms with Gasteiger partial charge in [-0.2, -0.15) is 0 Å². The van der Waals surface area contributed by atoms with Gasteiger partial charge in [0.25, 0.3) is 0 Å². The first-order chi connectivity index (χ1) is 33.7. The SMILES string of the molecule is c1ccc(-n2c3cc(-c4ccc5c(c4)Sc4cc(C6C7CC8CC(C7)CC6C8)ccc4C54c5ccccc5-c5ccccc54)ccc3c3c(-c4ccc5c(c4)oc4ccccc45)cccc32)cc1. The minimum atomic E-state index is -0.393. The Kier molecular flexibility index (Phi) is 7.81. The summed E-state index contributed by atoms with van der Waals surface area (Å²) >= 11 is 2.01. The van der Waals surface area contributed by atoms with Crippen molar-refractivity contribution in [3.8, 4) is 39.1 Å². The van der Waals surface area contributed by atoms with Crippen molar-refractivity contribution in [1.82, 2.24) is 4.57 Å². The Labute approximate surface area is 400 Å². The lowest BCUT2D eigenvalue weighted by Crippen LogP contribution is -2.43. The summed E-state index contributed by atoms with van der Waals surface area (Å²) in [5.74, 6) is 4.31. The van der Waals surface area contributed by atoms with Gasteiger partial charge in [0.15, 0.2) is 0 Å². The van der Waals surface area contributed by atoms with E-state index in [1.54, 1.807) is 5.56 Å². The van der Waals surface area contributed by atoms with Crippen LogP contribution in [0.2, 0.25) is 0 Å². The van der Waals surface area contributed by atoms with Gasteiger partial charge in [-0.3, -0.25) is 0 Å². The van der Waals surface area contributed by atoms with Crippen LogP contribution in [0.1, 0.15) is 65.8 Å². The first kappa shape index (κ1) is 38.0. The van der Waals surface area contributed by atoms with E-state index >= 15 is 0 Å². The van der Waals surface area contributed by atoms with Gasteiger partial charge in [0.1, 0.15) is 11.2 Å². The van der Waals surface area contributed by atoms with E-state index in [4.69, 9.17) is 4.42 Å². The highest BCUT2D eigenvalue weighted by atomic mass is 32.2. The third-order valence-electron chi connectivity index (χ3n) is 17.4. The molecule has 4 bridgehead atoms. The van der Waals surface area contributed by atoms with Gasteiger partial charge in [-0.25, -0.2) is 0 Å². The van der Waals surface area contributed by atoms with Crippen LogP contribution in [0, 0.1) is 23.7 Å². The Morgan fingerprint density at radius 1 is 0.426 bits per heavy atom. The fraction of sp³-hybridized carbons (Fsp3) is 0.169. The number of nitrogens with zero attached hydrogens (tertiary/aromatic N) is 1. The van der Waals surface area contributed by atoms with Crippen molar-refractivity contribution >= 4 is 55.5 Å². The standard InChI is InChI=1S/C65H47NOS/c1-2-11-46(12-3-1)66-57-19-10-16-47(42-22-25-51-50-15-6-9-20-59(50)67-60(51)35-42)64(57)52-26-21-40(34-58(52)66)41-23-27-55-61(36-41)68-62-37-43(63-44-30-38-29-39(32-44)33-45(63)31-38)24-28-56(62)65(55)53-17-7-4-13-48(53)49-14-5-8-18-54(49)65/h1-28,34-39,44-45,63H,29-33H2. The van der Waals surface area contributed by atoms with E-state index < -0.39 is 5.41 Å². The molecule has 3 heterocycles. The van der Waals surface area contributed by atoms with Gasteiger partial charge in [0.2, 0.25) is 0 Å². The van der Waals surface area contributed by atoms with E-state index in [1.165, 1.54) is 114 Å². The predicted molar refractivity (Wildman–Crippen MR) is 280 cm³/mol. The number of rotatable bonds is 4. The van der Waals surface area contributed by atoms with Crippen LogP contribution >= 0.6 is 11.8 Å². The Morgan fingerprint density at radius 2 is 1.04 bits per heavy atom. The molecule has 4 fully saturated rings. The number of aromatic nitrogens is 1. The fourth-order valence-corrected chi connectivity index (χ4v) is 16.3. The number of hydrogen-bond acceptors (Lipinski definition) is 2. The lowest BCUT2D eigenvalue weighted by Gasteiger charge is -2.54. The summed E-state index contributed by atoms with van der Waals surface area (Å²) in [7, 11) is 0. The molecule has 0 amide bonds. The molecule has 3 heteroatoms. The summed E-state index contributed by atoms with van der Waals surface area (Å²) in [4.78, 5) is 2.79. The van der Waals surface area contributed by atoms with Crippen molar-refractivity contribution in [2.24, 2.45) is 23.7 Å². The fourth-order valence-electron chi connectivity index (χ4n) is 15.0. The van der Waals surface area contributed by atoms with Crippen LogP contribution in [0.15, 0.2) is 208 Å². The van der Waals surface area contributed by atoms with Gasteiger partial charge in [0.05, 0.1) is 16.4 Å². The summed E-state index contributed by atoms with van der Waals surface area (Å²) in [5, 5.41) is 4.79. The van der Waals surface area contributed by atoms with Crippen molar-refractivity contribution in [3.05, 3.63) is 222 Å². The Bertz CT molecular complexity index is 3850. The van der Waals surface area contributed by atoms with Crippen LogP contribution in [0.25, 0.3) is 82.8 Å². The van der Waals surface area contributed by atoms with Crippen LogP contribution in [0.3, 0.4) is 0 Å². The number of para-hydroxylation sites is 2. The second-order valence-electron chi connectivity index (χ2n) is 20.8. The molecule has 68 heavy (non-hydrogen) atoms. The molecule has 324 valence electrons. The highest BCUT2D eigenvalue weighted by Crippen LogP contribution is 2.64. The lowest BCUT2D eigenvalue weighted by molar-refractivity contribution is -0.00285. The van der Waals surface area contributed by atoms with Crippen molar-refractivity contribution < 1.29 is 4.42 Å². The number of fused-ring (bicyclic) bond motifs is 15. The average molecular weight is 890 g/mol. The van der Waals surface area contributed by atoms with E-state index in [9.17, 15) is 0 Å². The zero-order valence-corrected chi connectivity index (χ0v) is 38.5. The molecule has 2 nitrogen and oxygen atoms in total. The van der Waals surface area contributed by atoms with Gasteiger partial charge in [0, 0.05) is 37.0 Å². The van der Waals surface area contributed by atoms with E-state index in [0.717, 1.165) is 56.9 Å². The predicted octanol–water partition coefficient (Wildman–Crippen LogP) is 17.4. The smallest absolute Gasteiger partial charge is 0.136 e. The second-order valence-corrected chi connectivity index (χ2v) is 21.9. The molecule has 0 N–H and O–H groups in total. The summed E-state index contributed by atoms with van der Waals surface area (Å²) in [6.07, 6.45) is 7.24. The van der Waals surface area contributed by atoms with Crippen LogP contribution in [0.4, 0.5) is 0 Å². The average Bonchev–Trinajstić information content (AvgIpc) is 4.02. The molecule has 6 aliphatic rings. The van der Waals surface area contributed by atoms with Gasteiger partial charge >= 0.3 is 0 Å². The molecule has 0 saturated heterocycles. The lowest BCUT2D eigenvalue weighted by atomic mass is 9.50. The van der Waals surface area contributed by atoms with Crippen LogP contribution < -0.4 is 0 Å². The van der Waals surface area contributed by atoms with Gasteiger partial charge in [-0.05, 0) is 177 Å². The summed E-state index contributed by atoms with van der Waals surface area (Å²) in [6, 6.07) is 73.6. The maximum absolute atomic E-state index is 6.42. The second kappa shape index (κ2) is 14.0. The molecule has 17 rings (SSSR count). The highest BCUT2D eigenvalue weighted by Gasteiger charge is 2.52. The Hall–Kier alpha value is -7.07. The zero-order valence-electron chi connectivity index (χ0n) is 37.7. The van der Waals surface area contributed by atoms with Crippen LogP contribution in [-0.4, -0.2) is 4.57 Å². The molecule has 11 aromatic rings. The van der Waals surface area contributed by atoms with Crippen LogP contribution in [-0.2, 0) is 5.41 Å². The molecular weight excluding hydrogens is 843 g/mol. The summed E-state index contributed by atoms with van der Waals surface area (Å²) in [6.45, 7) is 0. The van der Waals surface area contributed by atoms with E-state index in [1.807, 2.05) is 17.8 Å². The van der Waals surface area contributed by atoms with Crippen molar-refractivity contribution in [2.75, 3.05) is 0 Å². The van der Waals surface area contributed by atoms with Gasteiger partial charge < -0.3 is 8.98 Å². The summed E-state index contributed by atoms with van der Waals surface area (Å²) in [5.41, 5.74) is 19.8. The maximum atomic E-state index is 6.42. The van der Waals surface area contributed by atoms with E-state index in [2.05, 4.69) is 193 Å². The topological polar surface area (TPSA) is 18.1 Å². The van der Waals surface area contributed by atoms with Crippen molar-refractivity contribution in [1.29, 1.82) is 0 Å². The molecule has 5 aliphatic carbocycles. The molecular formula is C65H47NOS. The normalized spacial score (nSPS) is 21.4. The van der Waals surface area contributed by atoms with Gasteiger partial charge in [-0.15, -0.1) is 0 Å². The molecule has 0 unspecified atom stereocenters. The molecule has 0 radical (unpaired) electrons. The Morgan fingerprint density at radius 3 is 1.84 bits per heavy atom. The zero-order chi connectivity index (χ0) is 44.2. The molecule has 0 atom stereocenters. The van der Waals surface area contributed by atoms with Gasteiger partial charge in [-0.1, -0.05) is 151 Å². The first-order valence-corrected chi connectivity index (χ1v) is 25.7. The van der Waals surface area contributed by atoms with Crippen molar-refractivity contribution in [3.63, 3.8) is 0 Å². The molecule has 2 aromatic heterocycles. The minimum absolute atomic E-state index is 0.393. The quantitative estimate of drug-likeness (QED) is 0.175. The van der Waals surface area contributed by atoms with E-state index in [-0.39, 0.29) is 0 Å². The minimum Gasteiger partial charge on any atom is -0.456 e. The van der Waals surface area contributed by atoms with Crippen molar-refractivity contribution in [2.45, 2.75) is 53.2 Å². The number of furan rings is 1. The van der Waals surface area contributed by atoms with E-state index in [0.29, 0.717) is 5.92 Å². The Balaban J connectivity index is 0.881. The highest BCUT2D eigenvalue weighted by molar-refractivity contribution is 7.99. The maximum Gasteiger partial charge on any atom is 0.136 e. The third kappa shape index (κ3) is 5.15. The molecule has 4 saturated carbocycles.